The molecule has 4 nitrogen and oxygen atoms in total. The van der Waals surface area contributed by atoms with Crippen LogP contribution in [-0.2, 0) is 9.84 Å². The van der Waals surface area contributed by atoms with E-state index >= 15 is 0 Å². The summed E-state index contributed by atoms with van der Waals surface area (Å²) in [6.45, 7) is 1.02. The van der Waals surface area contributed by atoms with E-state index in [9.17, 15) is 17.6 Å². The van der Waals surface area contributed by atoms with Gasteiger partial charge in [0.15, 0.2) is 9.84 Å². The highest BCUT2D eigenvalue weighted by atomic mass is 79.9. The molecule has 138 valence electrons. The third-order valence-electron chi connectivity index (χ3n) is 4.62. The van der Waals surface area contributed by atoms with Crippen molar-refractivity contribution in [2.24, 2.45) is 5.92 Å². The van der Waals surface area contributed by atoms with Crippen molar-refractivity contribution in [2.75, 3.05) is 18.8 Å². The number of sulfone groups is 1. The highest BCUT2D eigenvalue weighted by molar-refractivity contribution is 9.10. The predicted octanol–water partition coefficient (Wildman–Crippen LogP) is 3.91. The van der Waals surface area contributed by atoms with Gasteiger partial charge >= 0.3 is 0 Å². The molecule has 1 heterocycles. The molecule has 2 aromatic rings. The summed E-state index contributed by atoms with van der Waals surface area (Å²) in [7, 11) is -3.34. The van der Waals surface area contributed by atoms with Crippen LogP contribution < -0.4 is 0 Å². The van der Waals surface area contributed by atoms with E-state index in [4.69, 9.17) is 0 Å². The van der Waals surface area contributed by atoms with Gasteiger partial charge in [-0.15, -0.1) is 0 Å². The second kappa shape index (κ2) is 7.88. The minimum atomic E-state index is -3.34. The van der Waals surface area contributed by atoms with Gasteiger partial charge in [-0.05, 0) is 67.3 Å². The Kier molecular flexibility index (Phi) is 5.77. The van der Waals surface area contributed by atoms with E-state index < -0.39 is 9.84 Å². The molecule has 1 amide bonds. The van der Waals surface area contributed by atoms with Crippen LogP contribution in [0.15, 0.2) is 57.9 Å². The third-order valence-corrected chi connectivity index (χ3v) is 7.05. The Morgan fingerprint density at radius 1 is 1.04 bits per heavy atom. The minimum absolute atomic E-state index is 0.0286. The van der Waals surface area contributed by atoms with Crippen LogP contribution in [0.4, 0.5) is 4.39 Å². The minimum Gasteiger partial charge on any atom is -0.339 e. The molecule has 1 aliphatic heterocycles. The van der Waals surface area contributed by atoms with Gasteiger partial charge in [-0.3, -0.25) is 4.79 Å². The van der Waals surface area contributed by atoms with Crippen LogP contribution in [0.3, 0.4) is 0 Å². The van der Waals surface area contributed by atoms with Gasteiger partial charge in [0.25, 0.3) is 5.91 Å². The van der Waals surface area contributed by atoms with E-state index in [1.165, 1.54) is 24.3 Å². The summed E-state index contributed by atoms with van der Waals surface area (Å²) in [5.41, 5.74) is 0.451. The lowest BCUT2D eigenvalue weighted by molar-refractivity contribution is 0.0698. The molecule has 0 aliphatic carbocycles. The second-order valence-corrected chi connectivity index (χ2v) is 9.43. The van der Waals surface area contributed by atoms with Crippen LogP contribution in [0, 0.1) is 11.7 Å². The zero-order valence-electron chi connectivity index (χ0n) is 14.1. The fourth-order valence-electron chi connectivity index (χ4n) is 3.13. The van der Waals surface area contributed by atoms with Crippen molar-refractivity contribution in [3.05, 3.63) is 64.4 Å². The molecule has 0 saturated carbocycles. The first-order valence-electron chi connectivity index (χ1n) is 8.38. The maximum Gasteiger partial charge on any atom is 0.253 e. The molecule has 1 aliphatic rings. The van der Waals surface area contributed by atoms with E-state index in [1.807, 2.05) is 0 Å². The molecular weight excluding hydrogens is 421 g/mol. The van der Waals surface area contributed by atoms with Crippen molar-refractivity contribution >= 4 is 31.7 Å². The SMILES string of the molecule is O=C(c1ccc(F)cc1)N1CCC(CS(=O)(=O)c2ccc(Br)cc2)CC1. The van der Waals surface area contributed by atoms with Gasteiger partial charge in [0, 0.05) is 23.1 Å². The average molecular weight is 440 g/mol. The quantitative estimate of drug-likeness (QED) is 0.725. The number of benzene rings is 2. The van der Waals surface area contributed by atoms with Crippen molar-refractivity contribution in [3.63, 3.8) is 0 Å². The van der Waals surface area contributed by atoms with E-state index in [-0.39, 0.29) is 23.4 Å². The first kappa shape index (κ1) is 19.0. The molecule has 0 aromatic heterocycles. The molecule has 0 spiro atoms. The van der Waals surface area contributed by atoms with E-state index in [0.717, 1.165) is 4.47 Å². The van der Waals surface area contributed by atoms with Crippen LogP contribution in [0.5, 0.6) is 0 Å². The molecule has 0 radical (unpaired) electrons. The fraction of sp³-hybridized carbons (Fsp3) is 0.316. The van der Waals surface area contributed by atoms with E-state index in [0.29, 0.717) is 36.4 Å². The number of carbonyl (C=O) groups is 1. The largest absolute Gasteiger partial charge is 0.339 e. The van der Waals surface area contributed by atoms with Gasteiger partial charge in [-0.25, -0.2) is 12.8 Å². The molecule has 0 N–H and O–H groups in total. The zero-order chi connectivity index (χ0) is 18.7. The van der Waals surface area contributed by atoms with Crippen LogP contribution >= 0.6 is 15.9 Å². The average Bonchev–Trinajstić information content (AvgIpc) is 2.62. The number of hydrogen-bond donors (Lipinski definition) is 0. The van der Waals surface area contributed by atoms with Crippen molar-refractivity contribution in [3.8, 4) is 0 Å². The Labute approximate surface area is 161 Å². The Morgan fingerprint density at radius 2 is 1.62 bits per heavy atom. The molecule has 26 heavy (non-hydrogen) atoms. The topological polar surface area (TPSA) is 54.5 Å². The lowest BCUT2D eigenvalue weighted by atomic mass is 9.98. The first-order chi connectivity index (χ1) is 12.3. The van der Waals surface area contributed by atoms with Gasteiger partial charge in [0.2, 0.25) is 0 Å². The number of amides is 1. The summed E-state index contributed by atoms with van der Waals surface area (Å²) in [5.74, 6) is -0.397. The number of likely N-dealkylation sites (tertiary alicyclic amines) is 1. The molecule has 3 rings (SSSR count). The molecule has 0 atom stereocenters. The standard InChI is InChI=1S/C19H19BrFNO3S/c20-16-3-7-18(8-4-16)26(24,25)13-14-9-11-22(12-10-14)19(23)15-1-5-17(21)6-2-15/h1-8,14H,9-13H2. The smallest absolute Gasteiger partial charge is 0.253 e. The summed E-state index contributed by atoms with van der Waals surface area (Å²) in [6.07, 6.45) is 1.28. The number of nitrogens with zero attached hydrogens (tertiary/aromatic N) is 1. The molecule has 2 aromatic carbocycles. The van der Waals surface area contributed by atoms with Crippen LogP contribution in [0.25, 0.3) is 0 Å². The second-order valence-electron chi connectivity index (χ2n) is 6.48. The summed E-state index contributed by atoms with van der Waals surface area (Å²) < 4.78 is 38.9. The molecular formula is C19H19BrFNO3S. The maximum absolute atomic E-state index is 13.0. The Morgan fingerprint density at radius 3 is 2.19 bits per heavy atom. The number of piperidine rings is 1. The maximum atomic E-state index is 13.0. The van der Waals surface area contributed by atoms with Crippen molar-refractivity contribution in [1.82, 2.24) is 4.90 Å². The lowest BCUT2D eigenvalue weighted by Gasteiger charge is -2.32. The van der Waals surface area contributed by atoms with E-state index in [2.05, 4.69) is 15.9 Å². The van der Waals surface area contributed by atoms with Gasteiger partial charge in [0.1, 0.15) is 5.82 Å². The van der Waals surface area contributed by atoms with Gasteiger partial charge in [-0.1, -0.05) is 15.9 Å². The van der Waals surface area contributed by atoms with Gasteiger partial charge in [0.05, 0.1) is 10.6 Å². The molecule has 7 heteroatoms. The molecule has 0 bridgehead atoms. The highest BCUT2D eigenvalue weighted by Gasteiger charge is 2.27. The molecule has 1 saturated heterocycles. The van der Waals surface area contributed by atoms with Crippen molar-refractivity contribution in [1.29, 1.82) is 0 Å². The predicted molar refractivity (Wildman–Crippen MR) is 101 cm³/mol. The summed E-state index contributed by atoms with van der Waals surface area (Å²) in [6, 6.07) is 12.1. The highest BCUT2D eigenvalue weighted by Crippen LogP contribution is 2.24. The monoisotopic (exact) mass is 439 g/mol. The number of rotatable bonds is 4. The number of hydrogen-bond acceptors (Lipinski definition) is 3. The molecule has 1 fully saturated rings. The summed E-state index contributed by atoms with van der Waals surface area (Å²) >= 11 is 3.30. The van der Waals surface area contributed by atoms with Crippen molar-refractivity contribution < 1.29 is 17.6 Å². The van der Waals surface area contributed by atoms with Crippen LogP contribution in [0.2, 0.25) is 0 Å². The third kappa shape index (κ3) is 4.51. The lowest BCUT2D eigenvalue weighted by Crippen LogP contribution is -2.39. The van der Waals surface area contributed by atoms with Crippen LogP contribution in [-0.4, -0.2) is 38.1 Å². The summed E-state index contributed by atoms with van der Waals surface area (Å²) in [5, 5.41) is 0. The normalized spacial score (nSPS) is 15.8. The number of halogens is 2. The Bertz CT molecular complexity index is 874. The first-order valence-corrected chi connectivity index (χ1v) is 10.8. The Hall–Kier alpha value is -1.73. The Balaban J connectivity index is 1.59. The number of carbonyl (C=O) groups excluding carboxylic acids is 1. The molecule has 0 unspecified atom stereocenters. The van der Waals surface area contributed by atoms with Gasteiger partial charge < -0.3 is 4.90 Å². The fourth-order valence-corrected chi connectivity index (χ4v) is 5.09. The zero-order valence-corrected chi connectivity index (χ0v) is 16.5. The van der Waals surface area contributed by atoms with Gasteiger partial charge in [-0.2, -0.15) is 0 Å². The van der Waals surface area contributed by atoms with E-state index in [1.54, 1.807) is 29.2 Å². The van der Waals surface area contributed by atoms with Crippen molar-refractivity contribution in [2.45, 2.75) is 17.7 Å². The van der Waals surface area contributed by atoms with Crippen LogP contribution in [0.1, 0.15) is 23.2 Å². The summed E-state index contributed by atoms with van der Waals surface area (Å²) in [4.78, 5) is 14.5.